The Bertz CT molecular complexity index is 553. The minimum atomic E-state index is -4.94. The monoisotopic (exact) mass is 315 g/mol. The van der Waals surface area contributed by atoms with E-state index in [9.17, 15) is 27.9 Å². The van der Waals surface area contributed by atoms with Crippen molar-refractivity contribution in [2.24, 2.45) is 0 Å². The molecule has 112 valence electrons. The van der Waals surface area contributed by atoms with Gasteiger partial charge in [0.2, 0.25) is 0 Å². The molecule has 0 saturated heterocycles. The van der Waals surface area contributed by atoms with E-state index in [1.54, 1.807) is 0 Å². The van der Waals surface area contributed by atoms with Crippen LogP contribution in [0.2, 0.25) is 0 Å². The van der Waals surface area contributed by atoms with E-state index in [2.05, 4.69) is 13.6 Å². The summed E-state index contributed by atoms with van der Waals surface area (Å²) in [5.41, 5.74) is -2.24. The molecular formula is C9H9F3NO6P. The summed E-state index contributed by atoms with van der Waals surface area (Å²) in [6, 6.07) is 1.72. The summed E-state index contributed by atoms with van der Waals surface area (Å²) in [4.78, 5) is 9.49. The molecule has 0 N–H and O–H groups in total. The second-order valence-electron chi connectivity index (χ2n) is 3.34. The Balaban J connectivity index is 3.33. The average Bonchev–Trinajstić information content (AvgIpc) is 2.37. The van der Waals surface area contributed by atoms with Crippen molar-refractivity contribution >= 4 is 13.5 Å². The highest BCUT2D eigenvalue weighted by molar-refractivity contribution is 7.48. The number of nitrogens with zero attached hydrogens (tertiary/aromatic N) is 1. The fraction of sp³-hybridized carbons (Fsp3) is 0.333. The van der Waals surface area contributed by atoms with Gasteiger partial charge in [-0.1, -0.05) is 0 Å². The molecular weight excluding hydrogens is 306 g/mol. The minimum absolute atomic E-state index is 0.269. The van der Waals surface area contributed by atoms with Gasteiger partial charge >= 0.3 is 14.0 Å². The van der Waals surface area contributed by atoms with E-state index in [0.717, 1.165) is 20.3 Å². The van der Waals surface area contributed by atoms with Gasteiger partial charge in [-0.2, -0.15) is 13.2 Å². The number of nitro groups is 1. The molecule has 1 aromatic rings. The Kier molecular flexibility index (Phi) is 4.74. The normalized spacial score (nSPS) is 12.2. The van der Waals surface area contributed by atoms with Crippen LogP contribution in [0.25, 0.3) is 0 Å². The van der Waals surface area contributed by atoms with Crippen LogP contribution < -0.4 is 4.52 Å². The highest BCUT2D eigenvalue weighted by atomic mass is 31.2. The highest BCUT2D eigenvalue weighted by Crippen LogP contribution is 2.51. The Hall–Kier alpha value is -1.64. The molecule has 7 nitrogen and oxygen atoms in total. The van der Waals surface area contributed by atoms with Gasteiger partial charge in [-0.15, -0.1) is 0 Å². The van der Waals surface area contributed by atoms with Gasteiger partial charge in [0, 0.05) is 26.4 Å². The zero-order valence-corrected chi connectivity index (χ0v) is 11.1. The number of benzene rings is 1. The molecule has 1 aromatic carbocycles. The largest absolute Gasteiger partial charge is 0.529 e. The molecule has 0 fully saturated rings. The van der Waals surface area contributed by atoms with Crippen LogP contribution in [-0.4, -0.2) is 19.1 Å². The van der Waals surface area contributed by atoms with Crippen molar-refractivity contribution in [2.75, 3.05) is 14.2 Å². The second kappa shape index (κ2) is 5.78. The number of non-ortho nitro benzene ring substituents is 1. The molecule has 11 heteroatoms. The number of hydrogen-bond donors (Lipinski definition) is 0. The van der Waals surface area contributed by atoms with Gasteiger partial charge in [0.15, 0.2) is 0 Å². The highest BCUT2D eigenvalue weighted by Gasteiger charge is 2.38. The first kappa shape index (κ1) is 16.4. The smallest absolute Gasteiger partial charge is 0.403 e. The lowest BCUT2D eigenvalue weighted by molar-refractivity contribution is -0.385. The SMILES string of the molecule is COP(=O)(OC)Oc1ccc([N+](=O)[O-])cc1C(F)(F)F. The van der Waals surface area contributed by atoms with Gasteiger partial charge in [0.1, 0.15) is 11.3 Å². The van der Waals surface area contributed by atoms with E-state index in [1.807, 2.05) is 0 Å². The van der Waals surface area contributed by atoms with Gasteiger partial charge < -0.3 is 4.52 Å². The number of phosphoric acid groups is 1. The molecule has 0 radical (unpaired) electrons. The first-order chi connectivity index (χ1) is 9.13. The van der Waals surface area contributed by atoms with Crippen LogP contribution in [0.3, 0.4) is 0 Å². The summed E-state index contributed by atoms with van der Waals surface area (Å²) in [5.74, 6) is -0.893. The molecule has 0 atom stereocenters. The van der Waals surface area contributed by atoms with Gasteiger partial charge in [0.25, 0.3) is 5.69 Å². The van der Waals surface area contributed by atoms with Gasteiger partial charge in [-0.3, -0.25) is 19.2 Å². The third-order valence-electron chi connectivity index (χ3n) is 2.14. The molecule has 0 aromatic heterocycles. The summed E-state index contributed by atoms with van der Waals surface area (Å²) < 4.78 is 63.3. The van der Waals surface area contributed by atoms with Crippen LogP contribution in [0.4, 0.5) is 18.9 Å². The predicted molar refractivity (Wildman–Crippen MR) is 60.4 cm³/mol. The maximum absolute atomic E-state index is 12.8. The molecule has 0 aliphatic rings. The molecule has 0 heterocycles. The van der Waals surface area contributed by atoms with Crippen LogP contribution in [0.1, 0.15) is 5.56 Å². The van der Waals surface area contributed by atoms with E-state index in [0.29, 0.717) is 6.07 Å². The maximum atomic E-state index is 12.8. The standard InChI is InChI=1S/C9H9F3NO6P/c1-17-20(16,18-2)19-8-4-3-6(13(14)15)5-7(8)9(10,11)12/h3-5H,1-2H3. The van der Waals surface area contributed by atoms with Crippen LogP contribution >= 0.6 is 7.82 Å². The predicted octanol–water partition coefficient (Wildman–Crippen LogP) is 3.39. The van der Waals surface area contributed by atoms with Crippen molar-refractivity contribution in [1.29, 1.82) is 0 Å². The number of nitro benzene ring substituents is 1. The molecule has 1 rings (SSSR count). The lowest BCUT2D eigenvalue weighted by Gasteiger charge is -2.17. The summed E-state index contributed by atoms with van der Waals surface area (Å²) >= 11 is 0. The molecule has 0 unspecified atom stereocenters. The Labute approximate surface area is 111 Å². The number of phosphoric ester groups is 1. The number of alkyl halides is 3. The van der Waals surface area contributed by atoms with E-state index >= 15 is 0 Å². The van der Waals surface area contributed by atoms with Gasteiger partial charge in [0.05, 0.1) is 4.92 Å². The van der Waals surface area contributed by atoms with Crippen molar-refractivity contribution in [3.8, 4) is 5.75 Å². The summed E-state index contributed by atoms with van der Waals surface area (Å²) in [6.07, 6.45) is -4.94. The summed E-state index contributed by atoms with van der Waals surface area (Å²) in [6.45, 7) is 0. The zero-order chi connectivity index (χ0) is 15.6. The molecule has 20 heavy (non-hydrogen) atoms. The molecule has 0 aliphatic heterocycles. The van der Waals surface area contributed by atoms with Crippen molar-refractivity contribution < 1.29 is 36.2 Å². The third-order valence-corrected chi connectivity index (χ3v) is 3.45. The molecule has 0 aliphatic carbocycles. The molecule has 0 spiro atoms. The fourth-order valence-corrected chi connectivity index (χ4v) is 1.90. The van der Waals surface area contributed by atoms with E-state index in [4.69, 9.17) is 0 Å². The first-order valence-electron chi connectivity index (χ1n) is 4.89. The number of hydrogen-bond acceptors (Lipinski definition) is 6. The lowest BCUT2D eigenvalue weighted by atomic mass is 10.2. The minimum Gasteiger partial charge on any atom is -0.403 e. The molecule has 0 bridgehead atoms. The zero-order valence-electron chi connectivity index (χ0n) is 10.2. The Morgan fingerprint density at radius 3 is 2.20 bits per heavy atom. The third kappa shape index (κ3) is 3.69. The van der Waals surface area contributed by atoms with Crippen molar-refractivity contribution in [2.45, 2.75) is 6.18 Å². The Morgan fingerprint density at radius 1 is 1.25 bits per heavy atom. The van der Waals surface area contributed by atoms with Gasteiger partial charge in [-0.25, -0.2) is 4.57 Å². The first-order valence-corrected chi connectivity index (χ1v) is 6.36. The van der Waals surface area contributed by atoms with Crippen molar-refractivity contribution in [3.05, 3.63) is 33.9 Å². The second-order valence-corrected chi connectivity index (χ2v) is 5.15. The van der Waals surface area contributed by atoms with E-state index in [-0.39, 0.29) is 6.07 Å². The van der Waals surface area contributed by atoms with E-state index < -0.39 is 35.9 Å². The summed E-state index contributed by atoms with van der Waals surface area (Å²) in [7, 11) is -2.37. The van der Waals surface area contributed by atoms with Crippen LogP contribution in [0, 0.1) is 10.1 Å². The van der Waals surface area contributed by atoms with Crippen LogP contribution in [0.15, 0.2) is 18.2 Å². The van der Waals surface area contributed by atoms with Crippen molar-refractivity contribution in [1.82, 2.24) is 0 Å². The average molecular weight is 315 g/mol. The van der Waals surface area contributed by atoms with Crippen molar-refractivity contribution in [3.63, 3.8) is 0 Å². The Morgan fingerprint density at radius 2 is 1.80 bits per heavy atom. The number of rotatable bonds is 5. The van der Waals surface area contributed by atoms with Gasteiger partial charge in [-0.05, 0) is 6.07 Å². The molecule has 0 saturated carbocycles. The fourth-order valence-electron chi connectivity index (χ4n) is 1.20. The number of halogens is 3. The lowest BCUT2D eigenvalue weighted by Crippen LogP contribution is -2.09. The quantitative estimate of drug-likeness (QED) is 0.470. The maximum Gasteiger partial charge on any atom is 0.529 e. The van der Waals surface area contributed by atoms with Crippen LogP contribution in [0.5, 0.6) is 5.75 Å². The molecule has 0 amide bonds. The van der Waals surface area contributed by atoms with E-state index in [1.165, 1.54) is 0 Å². The topological polar surface area (TPSA) is 87.9 Å². The van der Waals surface area contributed by atoms with Crippen LogP contribution in [-0.2, 0) is 19.8 Å². The summed E-state index contributed by atoms with van der Waals surface area (Å²) in [5, 5.41) is 10.5.